The highest BCUT2D eigenvalue weighted by molar-refractivity contribution is 9.10. The van der Waals surface area contributed by atoms with Crippen molar-refractivity contribution in [3.05, 3.63) is 28.2 Å². The molecule has 1 saturated heterocycles. The molecule has 2 rings (SSSR count). The van der Waals surface area contributed by atoms with Crippen molar-refractivity contribution in [2.45, 2.75) is 25.3 Å². The Balaban J connectivity index is 2.27. The number of carbonyl (C=O) groups excluding carboxylic acids is 1. The van der Waals surface area contributed by atoms with Gasteiger partial charge in [-0.25, -0.2) is 0 Å². The van der Waals surface area contributed by atoms with Gasteiger partial charge in [0.2, 0.25) is 0 Å². The topological polar surface area (TPSA) is 49.8 Å². The molecule has 104 valence electrons. The number of benzene rings is 1. The molecule has 1 N–H and O–H groups in total. The largest absolute Gasteiger partial charge is 0.496 e. The van der Waals surface area contributed by atoms with E-state index in [4.69, 9.17) is 4.74 Å². The fourth-order valence-electron chi connectivity index (χ4n) is 2.45. The lowest BCUT2D eigenvalue weighted by molar-refractivity contribution is 0.0500. The van der Waals surface area contributed by atoms with Crippen molar-refractivity contribution in [3.63, 3.8) is 0 Å². The lowest BCUT2D eigenvalue weighted by atomic mass is 10.0. The van der Waals surface area contributed by atoms with Crippen LogP contribution in [0.2, 0.25) is 0 Å². The molecule has 1 heterocycles. The number of likely N-dealkylation sites (tertiary alicyclic amines) is 1. The number of carbonyl (C=O) groups is 1. The van der Waals surface area contributed by atoms with E-state index < -0.39 is 0 Å². The van der Waals surface area contributed by atoms with Crippen LogP contribution in [0.1, 0.15) is 29.6 Å². The van der Waals surface area contributed by atoms with Crippen LogP contribution in [-0.4, -0.2) is 42.2 Å². The molecule has 0 saturated carbocycles. The number of aliphatic hydroxyl groups is 1. The van der Waals surface area contributed by atoms with Crippen LogP contribution in [0, 0.1) is 0 Å². The third-order valence-electron chi connectivity index (χ3n) is 3.49. The van der Waals surface area contributed by atoms with E-state index in [0.717, 1.165) is 23.7 Å². The standard InChI is InChI=1S/C14H18BrNO3/c1-19-13-8-10(15)5-6-12(13)14(18)16-7-3-2-4-11(16)9-17/h5-6,8,11,17H,2-4,7,9H2,1H3. The summed E-state index contributed by atoms with van der Waals surface area (Å²) < 4.78 is 6.14. The van der Waals surface area contributed by atoms with E-state index >= 15 is 0 Å². The SMILES string of the molecule is COc1cc(Br)ccc1C(=O)N1CCCCC1CO. The maximum absolute atomic E-state index is 12.6. The average molecular weight is 328 g/mol. The number of piperidine rings is 1. The number of methoxy groups -OCH3 is 1. The lowest BCUT2D eigenvalue weighted by Crippen LogP contribution is -2.45. The molecule has 0 radical (unpaired) electrons. The third-order valence-corrected chi connectivity index (χ3v) is 3.99. The summed E-state index contributed by atoms with van der Waals surface area (Å²) in [6.07, 6.45) is 2.91. The zero-order chi connectivity index (χ0) is 13.8. The van der Waals surface area contributed by atoms with E-state index in [1.807, 2.05) is 6.07 Å². The molecule has 0 bridgehead atoms. The van der Waals surface area contributed by atoms with Gasteiger partial charge in [-0.1, -0.05) is 15.9 Å². The minimum Gasteiger partial charge on any atom is -0.496 e. The van der Waals surface area contributed by atoms with Crippen LogP contribution in [0.15, 0.2) is 22.7 Å². The van der Waals surface area contributed by atoms with Crippen LogP contribution >= 0.6 is 15.9 Å². The van der Waals surface area contributed by atoms with Crippen molar-refractivity contribution < 1.29 is 14.6 Å². The van der Waals surface area contributed by atoms with Crippen LogP contribution in [0.4, 0.5) is 0 Å². The van der Waals surface area contributed by atoms with E-state index in [-0.39, 0.29) is 18.6 Å². The molecule has 19 heavy (non-hydrogen) atoms. The predicted molar refractivity (Wildman–Crippen MR) is 76.5 cm³/mol. The summed E-state index contributed by atoms with van der Waals surface area (Å²) in [5, 5.41) is 9.40. The van der Waals surface area contributed by atoms with Gasteiger partial charge in [-0.3, -0.25) is 4.79 Å². The first-order chi connectivity index (χ1) is 9.17. The van der Waals surface area contributed by atoms with Gasteiger partial charge in [0.15, 0.2) is 0 Å². The molecule has 1 unspecified atom stereocenters. The number of halogens is 1. The summed E-state index contributed by atoms with van der Waals surface area (Å²) in [6, 6.07) is 5.29. The molecule has 1 amide bonds. The Morgan fingerprint density at radius 1 is 1.53 bits per heavy atom. The second-order valence-electron chi connectivity index (χ2n) is 4.68. The van der Waals surface area contributed by atoms with Gasteiger partial charge in [0.1, 0.15) is 5.75 Å². The molecule has 1 fully saturated rings. The van der Waals surface area contributed by atoms with Gasteiger partial charge in [-0.15, -0.1) is 0 Å². The van der Waals surface area contributed by atoms with E-state index in [9.17, 15) is 9.90 Å². The van der Waals surface area contributed by atoms with E-state index in [1.165, 1.54) is 0 Å². The number of hydrogen-bond acceptors (Lipinski definition) is 3. The van der Waals surface area contributed by atoms with Gasteiger partial charge >= 0.3 is 0 Å². The Morgan fingerprint density at radius 3 is 3.00 bits per heavy atom. The summed E-state index contributed by atoms with van der Waals surface area (Å²) in [6.45, 7) is 0.716. The highest BCUT2D eigenvalue weighted by Gasteiger charge is 2.28. The first kappa shape index (κ1) is 14.3. The van der Waals surface area contributed by atoms with Crippen molar-refractivity contribution in [1.82, 2.24) is 4.90 Å². The van der Waals surface area contributed by atoms with Crippen LogP contribution < -0.4 is 4.74 Å². The highest BCUT2D eigenvalue weighted by atomic mass is 79.9. The van der Waals surface area contributed by atoms with Crippen molar-refractivity contribution in [2.75, 3.05) is 20.3 Å². The smallest absolute Gasteiger partial charge is 0.257 e. The van der Waals surface area contributed by atoms with Crippen LogP contribution in [-0.2, 0) is 0 Å². The molecule has 0 aromatic heterocycles. The summed E-state index contributed by atoms with van der Waals surface area (Å²) in [5.74, 6) is 0.490. The summed E-state index contributed by atoms with van der Waals surface area (Å²) in [5.41, 5.74) is 0.547. The predicted octanol–water partition coefficient (Wildman–Crippen LogP) is 2.44. The Kier molecular flexibility index (Phi) is 4.82. The number of nitrogens with zero attached hydrogens (tertiary/aromatic N) is 1. The van der Waals surface area contributed by atoms with Gasteiger partial charge < -0.3 is 14.7 Å². The van der Waals surface area contributed by atoms with Crippen molar-refractivity contribution in [3.8, 4) is 5.75 Å². The number of hydrogen-bond donors (Lipinski definition) is 1. The highest BCUT2D eigenvalue weighted by Crippen LogP contribution is 2.27. The maximum Gasteiger partial charge on any atom is 0.257 e. The average Bonchev–Trinajstić information content (AvgIpc) is 2.46. The Hall–Kier alpha value is -1.07. The molecule has 1 atom stereocenters. The maximum atomic E-state index is 12.6. The first-order valence-corrected chi connectivity index (χ1v) is 7.22. The number of rotatable bonds is 3. The molecule has 0 aliphatic carbocycles. The minimum absolute atomic E-state index is 0.0184. The van der Waals surface area contributed by atoms with Crippen molar-refractivity contribution in [1.29, 1.82) is 0 Å². The molecule has 0 spiro atoms. The van der Waals surface area contributed by atoms with Crippen LogP contribution in [0.3, 0.4) is 0 Å². The Bertz CT molecular complexity index is 464. The summed E-state index contributed by atoms with van der Waals surface area (Å²) in [7, 11) is 1.55. The Labute approximate surface area is 121 Å². The zero-order valence-corrected chi connectivity index (χ0v) is 12.5. The molecule has 1 aromatic carbocycles. The van der Waals surface area contributed by atoms with Crippen molar-refractivity contribution >= 4 is 21.8 Å². The normalized spacial score (nSPS) is 19.3. The molecule has 5 heteroatoms. The van der Waals surface area contributed by atoms with Gasteiger partial charge in [-0.2, -0.15) is 0 Å². The van der Waals surface area contributed by atoms with Crippen molar-refractivity contribution in [2.24, 2.45) is 0 Å². The third kappa shape index (κ3) is 3.09. The second-order valence-corrected chi connectivity index (χ2v) is 5.59. The zero-order valence-electron chi connectivity index (χ0n) is 10.9. The molecular formula is C14H18BrNO3. The summed E-state index contributed by atoms with van der Waals surface area (Å²) in [4.78, 5) is 14.3. The van der Waals surface area contributed by atoms with E-state index in [2.05, 4.69) is 15.9 Å². The van der Waals surface area contributed by atoms with Crippen LogP contribution in [0.5, 0.6) is 5.75 Å². The van der Waals surface area contributed by atoms with Gasteiger partial charge in [0.05, 0.1) is 25.3 Å². The molecule has 1 aliphatic heterocycles. The molecule has 1 aromatic rings. The monoisotopic (exact) mass is 327 g/mol. The van der Waals surface area contributed by atoms with Gasteiger partial charge in [0.25, 0.3) is 5.91 Å². The lowest BCUT2D eigenvalue weighted by Gasteiger charge is -2.34. The van der Waals surface area contributed by atoms with E-state index in [0.29, 0.717) is 17.9 Å². The summed E-state index contributed by atoms with van der Waals surface area (Å²) >= 11 is 3.36. The minimum atomic E-state index is -0.0744. The second kappa shape index (κ2) is 6.39. The number of ether oxygens (including phenoxy) is 1. The van der Waals surface area contributed by atoms with Gasteiger partial charge in [-0.05, 0) is 37.5 Å². The van der Waals surface area contributed by atoms with Gasteiger partial charge in [0, 0.05) is 11.0 Å². The molecule has 4 nitrogen and oxygen atoms in total. The fourth-order valence-corrected chi connectivity index (χ4v) is 2.79. The first-order valence-electron chi connectivity index (χ1n) is 6.42. The molecule has 1 aliphatic rings. The quantitative estimate of drug-likeness (QED) is 0.927. The van der Waals surface area contributed by atoms with E-state index in [1.54, 1.807) is 24.1 Å². The number of amides is 1. The number of aliphatic hydroxyl groups excluding tert-OH is 1. The molecular weight excluding hydrogens is 310 g/mol. The van der Waals surface area contributed by atoms with Crippen LogP contribution in [0.25, 0.3) is 0 Å². The Morgan fingerprint density at radius 2 is 2.32 bits per heavy atom. The fraction of sp³-hybridized carbons (Fsp3) is 0.500.